The lowest BCUT2D eigenvalue weighted by Gasteiger charge is -1.97. The second kappa shape index (κ2) is 28.7. The third kappa shape index (κ3) is 13.6. The van der Waals surface area contributed by atoms with Gasteiger partial charge in [0.1, 0.15) is 67.0 Å². The van der Waals surface area contributed by atoms with Crippen molar-refractivity contribution in [2.24, 2.45) is 0 Å². The molecular weight excluding hydrogens is 1310 g/mol. The Balaban J connectivity index is 0.0000000983. The smallest absolute Gasteiger partial charge is 0.138 e. The minimum atomic E-state index is 0.977. The molecule has 7 heterocycles. The molecule has 0 aliphatic carbocycles. The van der Waals surface area contributed by atoms with E-state index in [0.717, 1.165) is 67.0 Å². The minimum Gasteiger partial charge on any atom is -0.456 e. The molecule has 7 heteroatoms. The van der Waals surface area contributed by atoms with Gasteiger partial charge in [-0.05, 0) is 243 Å². The summed E-state index contributed by atoms with van der Waals surface area (Å²) in [5, 5.41) is 17.5. The van der Waals surface area contributed by atoms with E-state index in [1.807, 2.05) is 72.0 Å². The molecule has 7 aromatic heterocycles. The zero-order chi connectivity index (χ0) is 72.9. The molecule has 0 fully saturated rings. The van der Waals surface area contributed by atoms with E-state index in [-0.39, 0.29) is 0 Å². The minimum absolute atomic E-state index is 0.977. The van der Waals surface area contributed by atoms with E-state index >= 15 is 0 Å². The van der Waals surface area contributed by atoms with Crippen LogP contribution in [0.3, 0.4) is 0 Å². The molecule has 0 unspecified atom stereocenters. The van der Waals surface area contributed by atoms with E-state index in [2.05, 4.69) is 291 Å². The van der Waals surface area contributed by atoms with Crippen molar-refractivity contribution < 1.29 is 26.5 Å². The Labute approximate surface area is 615 Å². The lowest BCUT2D eigenvalue weighted by molar-refractivity contribution is 0.665. The van der Waals surface area contributed by atoms with Gasteiger partial charge in [0.2, 0.25) is 0 Å². The van der Waals surface area contributed by atoms with Crippen molar-refractivity contribution in [1.82, 2.24) is 0 Å². The van der Waals surface area contributed by atoms with E-state index in [1.165, 1.54) is 163 Å². The first-order valence-electron chi connectivity index (χ1n) is 36.0. The van der Waals surface area contributed by atoms with Crippen molar-refractivity contribution in [3.8, 4) is 0 Å². The Kier molecular flexibility index (Phi) is 18.8. The third-order valence-electron chi connectivity index (χ3n) is 20.1. The van der Waals surface area contributed by atoms with E-state index in [0.29, 0.717) is 0 Å². The van der Waals surface area contributed by atoms with Crippen LogP contribution < -0.4 is 0 Å². The summed E-state index contributed by atoms with van der Waals surface area (Å²) in [7, 11) is 0. The monoisotopic (exact) mass is 1390 g/mol. The molecule has 0 amide bonds. The Hall–Kier alpha value is -11.9. The lowest BCUT2D eigenvalue weighted by Crippen LogP contribution is -1.76. The molecule has 518 valence electrons. The van der Waals surface area contributed by atoms with E-state index in [1.54, 1.807) is 0 Å². The van der Waals surface area contributed by atoms with Gasteiger partial charge in [-0.15, -0.1) is 11.3 Å². The summed E-state index contributed by atoms with van der Waals surface area (Å²) in [5.74, 6) is 0. The lowest BCUT2D eigenvalue weighted by atomic mass is 10.0. The van der Waals surface area contributed by atoms with Crippen molar-refractivity contribution in [2.75, 3.05) is 0 Å². The van der Waals surface area contributed by atoms with Gasteiger partial charge in [-0.25, -0.2) is 0 Å². The largest absolute Gasteiger partial charge is 0.456 e. The number of benzene rings is 14. The van der Waals surface area contributed by atoms with Crippen molar-refractivity contribution >= 4 is 163 Å². The summed E-state index contributed by atoms with van der Waals surface area (Å²) in [5.41, 5.74) is 29.6. The third-order valence-corrected chi connectivity index (χ3v) is 21.4. The molecule has 0 saturated heterocycles. The molecule has 0 N–H and O–H groups in total. The summed E-state index contributed by atoms with van der Waals surface area (Å²) < 4.78 is 37.8. The zero-order valence-corrected chi connectivity index (χ0v) is 62.9. The maximum absolute atomic E-state index is 5.86. The Morgan fingerprint density at radius 1 is 0.181 bits per heavy atom. The standard InChI is InChI=1S/6C14H12O.C14H12S/c1-9-3-5-11-12-6-4-10(2)8-14(12)15-13(11)7-9;1-9-5-3-7-11-13(9)14-10(2)6-4-8-12(14)15-11;1-9-6-7-12-11(8-9)14-10(2)4-3-5-13(14)15-12;1-9-6-7-11-13(8-9)15-12-5-3-4-10(2)14(11)12;1-9-6-7-11-12-5-3-4-10(2)14(12)15-13(11)8-9;1-9-6-7-13-12(8-9)11-5-3-4-10(2)14(11)15-13;1-9-5-4-8-12-13(9)11-7-3-6-10(2)14(11)15-12/h7*3-8H,1-2H3. The number of rotatable bonds is 0. The van der Waals surface area contributed by atoms with Gasteiger partial charge < -0.3 is 26.5 Å². The molecule has 0 bridgehead atoms. The highest BCUT2D eigenvalue weighted by Gasteiger charge is 2.15. The highest BCUT2D eigenvalue weighted by molar-refractivity contribution is 7.26. The van der Waals surface area contributed by atoms with Crippen LogP contribution in [-0.4, -0.2) is 0 Å². The summed E-state index contributed by atoms with van der Waals surface area (Å²) in [6, 6.07) is 88.4. The molecule has 0 radical (unpaired) electrons. The molecule has 0 aliphatic heterocycles. The van der Waals surface area contributed by atoms with Crippen molar-refractivity contribution in [1.29, 1.82) is 0 Å². The number of furan rings is 6. The molecule has 21 rings (SSSR count). The number of hydrogen-bond donors (Lipinski definition) is 0. The van der Waals surface area contributed by atoms with Crippen LogP contribution in [0.5, 0.6) is 0 Å². The second-order valence-corrected chi connectivity index (χ2v) is 29.4. The van der Waals surface area contributed by atoms with Gasteiger partial charge in [0, 0.05) is 84.8 Å². The van der Waals surface area contributed by atoms with Gasteiger partial charge in [-0.1, -0.05) is 187 Å². The number of hydrogen-bond acceptors (Lipinski definition) is 7. The fraction of sp³-hybridized carbons (Fsp3) is 0.143. The highest BCUT2D eigenvalue weighted by atomic mass is 32.1. The number of thiophene rings is 1. The van der Waals surface area contributed by atoms with Crippen LogP contribution in [0.25, 0.3) is 152 Å². The van der Waals surface area contributed by atoms with E-state index in [4.69, 9.17) is 26.5 Å². The average Bonchev–Trinajstić information content (AvgIpc) is 1.67. The maximum Gasteiger partial charge on any atom is 0.138 e. The number of aryl methyl sites for hydroxylation is 14. The van der Waals surface area contributed by atoms with Crippen LogP contribution in [0.15, 0.2) is 281 Å². The molecule has 0 atom stereocenters. The van der Waals surface area contributed by atoms with Crippen LogP contribution in [0.4, 0.5) is 0 Å². The molecule has 21 aromatic rings. The van der Waals surface area contributed by atoms with Crippen molar-refractivity contribution in [3.63, 3.8) is 0 Å². The van der Waals surface area contributed by atoms with Gasteiger partial charge in [0.15, 0.2) is 0 Å². The molecule has 0 saturated carbocycles. The number of para-hydroxylation sites is 2. The quantitative estimate of drug-likeness (QED) is 0.151. The molecule has 6 nitrogen and oxygen atoms in total. The summed E-state index contributed by atoms with van der Waals surface area (Å²) in [6.07, 6.45) is 0. The van der Waals surface area contributed by atoms with Crippen molar-refractivity contribution in [2.45, 2.75) is 96.9 Å². The number of fused-ring (bicyclic) bond motifs is 21. The first kappa shape index (κ1) is 68.8. The van der Waals surface area contributed by atoms with Crippen LogP contribution in [0.2, 0.25) is 0 Å². The second-order valence-electron chi connectivity index (χ2n) is 28.3. The molecular formula is C98H84O6S. The van der Waals surface area contributed by atoms with Gasteiger partial charge in [-0.2, -0.15) is 0 Å². The summed E-state index contributed by atoms with van der Waals surface area (Å²) >= 11 is 1.90. The highest BCUT2D eigenvalue weighted by Crippen LogP contribution is 2.40. The first-order valence-corrected chi connectivity index (χ1v) is 36.8. The maximum atomic E-state index is 5.86. The van der Waals surface area contributed by atoms with Crippen LogP contribution >= 0.6 is 11.3 Å². The Bertz CT molecular complexity index is 6670. The van der Waals surface area contributed by atoms with Gasteiger partial charge >= 0.3 is 0 Å². The summed E-state index contributed by atoms with van der Waals surface area (Å²) in [6.45, 7) is 29.6. The summed E-state index contributed by atoms with van der Waals surface area (Å²) in [4.78, 5) is 0. The van der Waals surface area contributed by atoms with E-state index in [9.17, 15) is 0 Å². The SMILES string of the molecule is Cc1ccc2c(c1)oc1c(C)cccc12.Cc1ccc2c(c1)oc1cc(C)ccc12.Cc1ccc2c(c1)oc1cccc(C)c12.Cc1ccc2oc3c(C)cccc3c2c1.Cc1ccc2oc3cccc(C)c3c2c1.Cc1cccc2c1sc1cccc(C)c12.Cc1cccc2oc3cccc(C)c3c12. The first-order chi connectivity index (χ1) is 50.8. The Morgan fingerprint density at radius 3 is 1.00 bits per heavy atom. The van der Waals surface area contributed by atoms with Crippen LogP contribution in [-0.2, 0) is 0 Å². The topological polar surface area (TPSA) is 78.8 Å². The van der Waals surface area contributed by atoms with Crippen molar-refractivity contribution in [3.05, 3.63) is 333 Å². The molecule has 14 aromatic carbocycles. The molecule has 105 heavy (non-hydrogen) atoms. The van der Waals surface area contributed by atoms with Crippen LogP contribution in [0.1, 0.15) is 77.9 Å². The molecule has 0 spiro atoms. The predicted octanol–water partition coefficient (Wildman–Crippen LogP) is 29.9. The fourth-order valence-electron chi connectivity index (χ4n) is 14.7. The predicted molar refractivity (Wildman–Crippen MR) is 448 cm³/mol. The zero-order valence-electron chi connectivity index (χ0n) is 62.1. The van der Waals surface area contributed by atoms with E-state index < -0.39 is 0 Å². The normalized spacial score (nSPS) is 11.3. The van der Waals surface area contributed by atoms with Gasteiger partial charge in [-0.3, -0.25) is 0 Å². The van der Waals surface area contributed by atoms with Gasteiger partial charge in [0.05, 0.1) is 0 Å². The van der Waals surface area contributed by atoms with Gasteiger partial charge in [0.25, 0.3) is 0 Å². The fourth-order valence-corrected chi connectivity index (χ4v) is 15.9. The average molecular weight is 1390 g/mol. The molecule has 0 aliphatic rings. The van der Waals surface area contributed by atoms with Crippen LogP contribution in [0, 0.1) is 96.9 Å². The Morgan fingerprint density at radius 2 is 0.486 bits per heavy atom.